The molecule has 3 aromatic rings. The minimum atomic E-state index is 0.0582. The average molecular weight is 380 g/mol. The van der Waals surface area contributed by atoms with Crippen molar-refractivity contribution in [1.82, 2.24) is 4.98 Å². The Hall–Kier alpha value is -2.86. The molecule has 2 heterocycles. The fourth-order valence-electron chi connectivity index (χ4n) is 3.15. The van der Waals surface area contributed by atoms with Crippen LogP contribution in [0.4, 0.5) is 5.69 Å². The molecule has 0 fully saturated rings. The zero-order valence-corrected chi connectivity index (χ0v) is 15.9. The first-order chi connectivity index (χ1) is 13.2. The lowest BCUT2D eigenvalue weighted by Gasteiger charge is -2.17. The second kappa shape index (κ2) is 7.80. The fourth-order valence-corrected chi connectivity index (χ4v) is 3.86. The number of amides is 1. The molecule has 6 heteroatoms. The van der Waals surface area contributed by atoms with Gasteiger partial charge in [-0.3, -0.25) is 4.79 Å². The highest BCUT2D eigenvalue weighted by molar-refractivity contribution is 7.09. The lowest BCUT2D eigenvalue weighted by Crippen LogP contribution is -2.30. The van der Waals surface area contributed by atoms with E-state index in [9.17, 15) is 4.79 Å². The molecule has 0 N–H and O–H groups in total. The predicted octanol–water partition coefficient (Wildman–Crippen LogP) is 3.86. The first kappa shape index (κ1) is 17.5. The molecular formula is C21H20N2O3S. The molecule has 0 atom stereocenters. The van der Waals surface area contributed by atoms with Crippen LogP contribution in [0.1, 0.15) is 16.3 Å². The molecule has 0 aliphatic carbocycles. The number of carbonyl (C=O) groups excluding carboxylic acids is 1. The zero-order chi connectivity index (χ0) is 18.6. The number of nitrogens with zero attached hydrogens (tertiary/aromatic N) is 2. The number of benzene rings is 2. The van der Waals surface area contributed by atoms with E-state index >= 15 is 0 Å². The van der Waals surface area contributed by atoms with Gasteiger partial charge in [0.1, 0.15) is 23.1 Å². The summed E-state index contributed by atoms with van der Waals surface area (Å²) in [5, 5.41) is 2.80. The number of ether oxygens (including phenoxy) is 2. The Morgan fingerprint density at radius 1 is 1.19 bits per heavy atom. The van der Waals surface area contributed by atoms with Crippen LogP contribution in [0.5, 0.6) is 11.5 Å². The number of hydrogen-bond acceptors (Lipinski definition) is 5. The second-order valence-electron chi connectivity index (χ2n) is 6.30. The minimum absolute atomic E-state index is 0.0582. The third kappa shape index (κ3) is 3.95. The summed E-state index contributed by atoms with van der Waals surface area (Å²) in [6, 6.07) is 15.5. The van der Waals surface area contributed by atoms with E-state index in [2.05, 4.69) is 4.98 Å². The Kier molecular flexibility index (Phi) is 5.07. The number of aromatic nitrogens is 1. The summed E-state index contributed by atoms with van der Waals surface area (Å²) in [7, 11) is 1.64. The van der Waals surface area contributed by atoms with Crippen LogP contribution in [-0.4, -0.2) is 24.5 Å². The Morgan fingerprint density at radius 2 is 2.04 bits per heavy atom. The Bertz CT molecular complexity index is 940. The molecule has 5 nitrogen and oxygen atoms in total. The maximum Gasteiger partial charge on any atom is 0.233 e. The summed E-state index contributed by atoms with van der Waals surface area (Å²) in [6.45, 7) is 1.11. The topological polar surface area (TPSA) is 51.7 Å². The second-order valence-corrected chi connectivity index (χ2v) is 7.24. The van der Waals surface area contributed by atoms with E-state index < -0.39 is 0 Å². The van der Waals surface area contributed by atoms with Crippen molar-refractivity contribution < 1.29 is 14.3 Å². The standard InChI is InChI=1S/C21H20N2O3S/c1-25-18-8-7-15-9-10-23(19(15)12-18)21(24)11-16-14-27-20(22-16)13-26-17-5-3-2-4-6-17/h2-8,12,14H,9-11,13H2,1H3. The lowest BCUT2D eigenvalue weighted by molar-refractivity contribution is -0.117. The maximum atomic E-state index is 12.8. The van der Waals surface area contributed by atoms with Gasteiger partial charge in [-0.25, -0.2) is 4.98 Å². The van der Waals surface area contributed by atoms with E-state index in [4.69, 9.17) is 9.47 Å². The van der Waals surface area contributed by atoms with Crippen molar-refractivity contribution in [3.63, 3.8) is 0 Å². The van der Waals surface area contributed by atoms with Crippen molar-refractivity contribution in [1.29, 1.82) is 0 Å². The van der Waals surface area contributed by atoms with E-state index in [1.54, 1.807) is 7.11 Å². The number of hydrogen-bond donors (Lipinski definition) is 0. The van der Waals surface area contributed by atoms with Crippen LogP contribution < -0.4 is 14.4 Å². The molecule has 2 aromatic carbocycles. The normalized spacial score (nSPS) is 12.7. The van der Waals surface area contributed by atoms with Gasteiger partial charge in [-0.1, -0.05) is 24.3 Å². The van der Waals surface area contributed by atoms with Gasteiger partial charge in [0.2, 0.25) is 5.91 Å². The predicted molar refractivity (Wildman–Crippen MR) is 106 cm³/mol. The molecule has 1 aliphatic rings. The van der Waals surface area contributed by atoms with Gasteiger partial charge in [0, 0.05) is 18.0 Å². The smallest absolute Gasteiger partial charge is 0.233 e. The number of thiazole rings is 1. The number of rotatable bonds is 6. The molecule has 0 saturated carbocycles. The van der Waals surface area contributed by atoms with Crippen molar-refractivity contribution in [3.05, 3.63) is 70.2 Å². The van der Waals surface area contributed by atoms with Gasteiger partial charge in [-0.15, -0.1) is 11.3 Å². The monoisotopic (exact) mass is 380 g/mol. The first-order valence-electron chi connectivity index (χ1n) is 8.81. The van der Waals surface area contributed by atoms with Crippen LogP contribution in [0.2, 0.25) is 0 Å². The van der Waals surface area contributed by atoms with Crippen LogP contribution in [0, 0.1) is 0 Å². The van der Waals surface area contributed by atoms with Gasteiger partial charge >= 0.3 is 0 Å². The number of carbonyl (C=O) groups is 1. The molecule has 0 bridgehead atoms. The summed E-state index contributed by atoms with van der Waals surface area (Å²) in [5.41, 5.74) is 2.91. The maximum absolute atomic E-state index is 12.8. The number of methoxy groups -OCH3 is 1. The van der Waals surface area contributed by atoms with Crippen molar-refractivity contribution in [3.8, 4) is 11.5 Å². The fraction of sp³-hybridized carbons (Fsp3) is 0.238. The third-order valence-electron chi connectivity index (χ3n) is 4.53. The highest BCUT2D eigenvalue weighted by Crippen LogP contribution is 2.32. The lowest BCUT2D eigenvalue weighted by atomic mass is 10.1. The molecule has 0 saturated heterocycles. The van der Waals surface area contributed by atoms with Gasteiger partial charge in [-0.2, -0.15) is 0 Å². The van der Waals surface area contributed by atoms with E-state index in [1.807, 2.05) is 58.8 Å². The Labute approximate surface area is 162 Å². The van der Waals surface area contributed by atoms with E-state index in [0.29, 0.717) is 19.6 Å². The van der Waals surface area contributed by atoms with Gasteiger partial charge in [0.25, 0.3) is 0 Å². The largest absolute Gasteiger partial charge is 0.497 e. The molecule has 1 amide bonds. The van der Waals surface area contributed by atoms with Gasteiger partial charge in [0.05, 0.1) is 24.9 Å². The first-order valence-corrected chi connectivity index (χ1v) is 9.69. The molecule has 27 heavy (non-hydrogen) atoms. The van der Waals surface area contributed by atoms with E-state index in [-0.39, 0.29) is 5.91 Å². The molecule has 4 rings (SSSR count). The van der Waals surface area contributed by atoms with Crippen molar-refractivity contribution in [2.24, 2.45) is 0 Å². The van der Waals surface area contributed by atoms with Crippen molar-refractivity contribution in [2.45, 2.75) is 19.4 Å². The van der Waals surface area contributed by atoms with Crippen LogP contribution in [0.3, 0.4) is 0 Å². The molecule has 0 radical (unpaired) electrons. The summed E-state index contributed by atoms with van der Waals surface area (Å²) >= 11 is 1.52. The quantitative estimate of drug-likeness (QED) is 0.652. The molecule has 0 unspecified atom stereocenters. The van der Waals surface area contributed by atoms with Crippen LogP contribution in [-0.2, 0) is 24.2 Å². The van der Waals surface area contributed by atoms with Crippen LogP contribution in [0.25, 0.3) is 0 Å². The molecule has 1 aromatic heterocycles. The molecular weight excluding hydrogens is 360 g/mol. The highest BCUT2D eigenvalue weighted by Gasteiger charge is 2.25. The molecule has 138 valence electrons. The van der Waals surface area contributed by atoms with Gasteiger partial charge < -0.3 is 14.4 Å². The Balaban J connectivity index is 1.39. The van der Waals surface area contributed by atoms with Crippen LogP contribution in [0.15, 0.2) is 53.9 Å². The van der Waals surface area contributed by atoms with Crippen molar-refractivity contribution >= 4 is 22.9 Å². The third-order valence-corrected chi connectivity index (χ3v) is 5.40. The minimum Gasteiger partial charge on any atom is -0.497 e. The number of para-hydroxylation sites is 1. The summed E-state index contributed by atoms with van der Waals surface area (Å²) in [4.78, 5) is 19.2. The summed E-state index contributed by atoms with van der Waals surface area (Å²) in [5.74, 6) is 1.64. The SMILES string of the molecule is COc1ccc2c(c1)N(C(=O)Cc1csc(COc3ccccc3)n1)CC2. The number of anilines is 1. The van der Waals surface area contributed by atoms with Crippen LogP contribution >= 0.6 is 11.3 Å². The summed E-state index contributed by atoms with van der Waals surface area (Å²) in [6.07, 6.45) is 1.16. The van der Waals surface area contributed by atoms with Gasteiger partial charge in [0.15, 0.2) is 0 Å². The van der Waals surface area contributed by atoms with Gasteiger partial charge in [-0.05, 0) is 30.2 Å². The number of fused-ring (bicyclic) bond motifs is 1. The average Bonchev–Trinajstić information content (AvgIpc) is 3.33. The van der Waals surface area contributed by atoms with E-state index in [1.165, 1.54) is 16.9 Å². The highest BCUT2D eigenvalue weighted by atomic mass is 32.1. The summed E-state index contributed by atoms with van der Waals surface area (Å²) < 4.78 is 11.0. The van der Waals surface area contributed by atoms with E-state index in [0.717, 1.165) is 34.3 Å². The zero-order valence-electron chi connectivity index (χ0n) is 15.1. The molecule has 1 aliphatic heterocycles. The molecule has 0 spiro atoms. The van der Waals surface area contributed by atoms with Crippen molar-refractivity contribution in [2.75, 3.05) is 18.6 Å². The Morgan fingerprint density at radius 3 is 2.85 bits per heavy atom.